The number of rotatable bonds is 5. The van der Waals surface area contributed by atoms with Gasteiger partial charge in [-0.25, -0.2) is 8.78 Å². The molecule has 0 aliphatic heterocycles. The molecule has 21 heavy (non-hydrogen) atoms. The second-order valence-electron chi connectivity index (χ2n) is 5.14. The second kappa shape index (κ2) is 6.35. The van der Waals surface area contributed by atoms with Crippen molar-refractivity contribution in [3.63, 3.8) is 0 Å². The van der Waals surface area contributed by atoms with E-state index in [1.165, 1.54) is 6.07 Å². The zero-order chi connectivity index (χ0) is 15.6. The van der Waals surface area contributed by atoms with Gasteiger partial charge in [-0.3, -0.25) is 4.68 Å². The molecule has 1 N–H and O–H groups in total. The number of hydrogen-bond donors (Lipinski definition) is 1. The number of aliphatic hydroxyl groups excluding tert-OH is 1. The Bertz CT molecular complexity index is 637. The highest BCUT2D eigenvalue weighted by Gasteiger charge is 2.18. The minimum atomic E-state index is -1.02. The standard InChI is InChI=1S/C16H20F2N2O/c1-4-11-7-12(20(5-2)19-11)8-16(21)13-6-10(3)14(17)9-15(13)18/h6-7,9,16,21H,4-5,8H2,1-3H3. The number of nitrogens with zero attached hydrogens (tertiary/aromatic N) is 2. The fraction of sp³-hybridized carbons (Fsp3) is 0.438. The third-order valence-corrected chi connectivity index (χ3v) is 3.62. The normalized spacial score (nSPS) is 12.7. The zero-order valence-electron chi connectivity index (χ0n) is 12.5. The molecule has 0 radical (unpaired) electrons. The van der Waals surface area contributed by atoms with Crippen LogP contribution in [0.4, 0.5) is 8.78 Å². The molecule has 0 aliphatic rings. The van der Waals surface area contributed by atoms with Gasteiger partial charge >= 0.3 is 0 Å². The third-order valence-electron chi connectivity index (χ3n) is 3.62. The van der Waals surface area contributed by atoms with E-state index < -0.39 is 17.7 Å². The van der Waals surface area contributed by atoms with Crippen LogP contribution in [0.25, 0.3) is 0 Å². The Kier molecular flexibility index (Phi) is 4.73. The van der Waals surface area contributed by atoms with Gasteiger partial charge in [-0.1, -0.05) is 6.92 Å². The van der Waals surface area contributed by atoms with E-state index in [9.17, 15) is 13.9 Å². The Morgan fingerprint density at radius 3 is 2.52 bits per heavy atom. The number of hydrogen-bond acceptors (Lipinski definition) is 2. The van der Waals surface area contributed by atoms with Crippen molar-refractivity contribution >= 4 is 0 Å². The van der Waals surface area contributed by atoms with Crippen molar-refractivity contribution in [1.29, 1.82) is 0 Å². The smallest absolute Gasteiger partial charge is 0.131 e. The summed E-state index contributed by atoms with van der Waals surface area (Å²) in [6, 6.07) is 4.10. The highest BCUT2D eigenvalue weighted by atomic mass is 19.1. The molecule has 0 spiro atoms. The molecule has 5 heteroatoms. The Hall–Kier alpha value is -1.75. The first kappa shape index (κ1) is 15.6. The van der Waals surface area contributed by atoms with Crippen LogP contribution >= 0.6 is 0 Å². The molecule has 0 aliphatic carbocycles. The van der Waals surface area contributed by atoms with E-state index in [1.807, 2.05) is 19.9 Å². The third kappa shape index (κ3) is 3.29. The fourth-order valence-corrected chi connectivity index (χ4v) is 2.37. The van der Waals surface area contributed by atoms with Crippen molar-refractivity contribution in [2.24, 2.45) is 0 Å². The molecule has 0 saturated heterocycles. The lowest BCUT2D eigenvalue weighted by Gasteiger charge is -2.14. The van der Waals surface area contributed by atoms with Crippen LogP contribution in [0.5, 0.6) is 0 Å². The van der Waals surface area contributed by atoms with E-state index in [0.29, 0.717) is 12.1 Å². The summed E-state index contributed by atoms with van der Waals surface area (Å²) in [4.78, 5) is 0. The van der Waals surface area contributed by atoms with Gasteiger partial charge in [0.25, 0.3) is 0 Å². The molecule has 3 nitrogen and oxygen atoms in total. The topological polar surface area (TPSA) is 38.0 Å². The maximum atomic E-state index is 13.8. The fourth-order valence-electron chi connectivity index (χ4n) is 2.37. The number of benzene rings is 1. The van der Waals surface area contributed by atoms with Crippen molar-refractivity contribution in [3.05, 3.63) is 52.3 Å². The van der Waals surface area contributed by atoms with Crippen molar-refractivity contribution in [2.45, 2.75) is 46.3 Å². The molecule has 1 unspecified atom stereocenters. The van der Waals surface area contributed by atoms with E-state index in [2.05, 4.69) is 5.10 Å². The van der Waals surface area contributed by atoms with Crippen molar-refractivity contribution < 1.29 is 13.9 Å². The highest BCUT2D eigenvalue weighted by Crippen LogP contribution is 2.24. The molecule has 0 amide bonds. The van der Waals surface area contributed by atoms with Crippen LogP contribution in [0.2, 0.25) is 0 Å². The van der Waals surface area contributed by atoms with Gasteiger partial charge in [0.15, 0.2) is 0 Å². The van der Waals surface area contributed by atoms with Gasteiger partial charge in [-0.15, -0.1) is 0 Å². The lowest BCUT2D eigenvalue weighted by atomic mass is 10.0. The van der Waals surface area contributed by atoms with Crippen LogP contribution in [0.15, 0.2) is 18.2 Å². The average Bonchev–Trinajstić information content (AvgIpc) is 2.84. The molecule has 0 saturated carbocycles. The van der Waals surface area contributed by atoms with Crippen molar-refractivity contribution in [1.82, 2.24) is 9.78 Å². The van der Waals surface area contributed by atoms with E-state index >= 15 is 0 Å². The van der Waals surface area contributed by atoms with E-state index in [0.717, 1.165) is 23.9 Å². The van der Waals surface area contributed by atoms with Gasteiger partial charge < -0.3 is 5.11 Å². The summed E-state index contributed by atoms with van der Waals surface area (Å²) in [5.41, 5.74) is 2.23. The van der Waals surface area contributed by atoms with Gasteiger partial charge in [0.05, 0.1) is 11.8 Å². The van der Waals surface area contributed by atoms with Crippen LogP contribution < -0.4 is 0 Å². The summed E-state index contributed by atoms with van der Waals surface area (Å²) in [5, 5.41) is 14.7. The summed E-state index contributed by atoms with van der Waals surface area (Å²) in [5.74, 6) is -1.32. The zero-order valence-corrected chi connectivity index (χ0v) is 12.5. The van der Waals surface area contributed by atoms with E-state index in [1.54, 1.807) is 11.6 Å². The van der Waals surface area contributed by atoms with E-state index in [-0.39, 0.29) is 12.0 Å². The maximum absolute atomic E-state index is 13.8. The summed E-state index contributed by atoms with van der Waals surface area (Å²) >= 11 is 0. The molecular weight excluding hydrogens is 274 g/mol. The lowest BCUT2D eigenvalue weighted by Crippen LogP contribution is -2.10. The van der Waals surface area contributed by atoms with Crippen molar-refractivity contribution in [2.75, 3.05) is 0 Å². The van der Waals surface area contributed by atoms with Gasteiger partial charge in [0.2, 0.25) is 0 Å². The number of aromatic nitrogens is 2. The maximum Gasteiger partial charge on any atom is 0.131 e. The molecule has 2 aromatic rings. The summed E-state index contributed by atoms with van der Waals surface area (Å²) in [7, 11) is 0. The molecule has 1 atom stereocenters. The van der Waals surface area contributed by atoms with Gasteiger partial charge in [-0.05, 0) is 38.0 Å². The second-order valence-corrected chi connectivity index (χ2v) is 5.14. The first-order chi connectivity index (χ1) is 9.96. The minimum absolute atomic E-state index is 0.121. The monoisotopic (exact) mass is 294 g/mol. The predicted molar refractivity (Wildman–Crippen MR) is 77.0 cm³/mol. The van der Waals surface area contributed by atoms with Gasteiger partial charge in [-0.2, -0.15) is 5.10 Å². The molecule has 2 rings (SSSR count). The van der Waals surface area contributed by atoms with Crippen LogP contribution in [0.1, 0.15) is 42.5 Å². The van der Waals surface area contributed by atoms with Crippen molar-refractivity contribution in [3.8, 4) is 0 Å². The van der Waals surface area contributed by atoms with E-state index in [4.69, 9.17) is 0 Å². The number of aryl methyl sites for hydroxylation is 3. The first-order valence-corrected chi connectivity index (χ1v) is 7.15. The Morgan fingerprint density at radius 2 is 1.90 bits per heavy atom. The largest absolute Gasteiger partial charge is 0.388 e. The SMILES string of the molecule is CCc1cc(CC(O)c2cc(C)c(F)cc2F)n(CC)n1. The highest BCUT2D eigenvalue weighted by molar-refractivity contribution is 5.28. The van der Waals surface area contributed by atoms with Crippen LogP contribution in [0.3, 0.4) is 0 Å². The minimum Gasteiger partial charge on any atom is -0.388 e. The average molecular weight is 294 g/mol. The molecule has 1 heterocycles. The Labute approximate surface area is 123 Å². The molecule has 1 aromatic heterocycles. The summed E-state index contributed by atoms with van der Waals surface area (Å²) in [6.07, 6.45) is 0.0409. The quantitative estimate of drug-likeness (QED) is 0.918. The molecule has 0 bridgehead atoms. The molecular formula is C16H20F2N2O. The lowest BCUT2D eigenvalue weighted by molar-refractivity contribution is 0.170. The van der Waals surface area contributed by atoms with Crippen LogP contribution in [-0.4, -0.2) is 14.9 Å². The summed E-state index contributed by atoms with van der Waals surface area (Å²) in [6.45, 7) is 6.21. The van der Waals surface area contributed by atoms with Crippen LogP contribution in [-0.2, 0) is 19.4 Å². The van der Waals surface area contributed by atoms with Gasteiger partial charge in [0, 0.05) is 30.3 Å². The van der Waals surface area contributed by atoms with Gasteiger partial charge in [0.1, 0.15) is 11.6 Å². The first-order valence-electron chi connectivity index (χ1n) is 7.15. The van der Waals surface area contributed by atoms with Crippen LogP contribution in [0, 0.1) is 18.6 Å². The Balaban J connectivity index is 2.27. The Morgan fingerprint density at radius 1 is 1.19 bits per heavy atom. The predicted octanol–water partition coefficient (Wildman–Crippen LogP) is 3.33. The summed E-state index contributed by atoms with van der Waals surface area (Å²) < 4.78 is 28.9. The number of halogens is 2. The molecule has 114 valence electrons. The molecule has 1 aromatic carbocycles. The number of aliphatic hydroxyl groups is 1. The molecule has 0 fully saturated rings.